The lowest BCUT2D eigenvalue weighted by Crippen LogP contribution is -2.12. The lowest BCUT2D eigenvalue weighted by atomic mass is 10.1. The van der Waals surface area contributed by atoms with Gasteiger partial charge in [0, 0.05) is 18.1 Å². The Hall–Kier alpha value is -3.41. The quantitative estimate of drug-likeness (QED) is 0.590. The summed E-state index contributed by atoms with van der Waals surface area (Å²) in [5.41, 5.74) is 9.13. The summed E-state index contributed by atoms with van der Waals surface area (Å²) in [6.45, 7) is 1.81. The van der Waals surface area contributed by atoms with Gasteiger partial charge in [0.15, 0.2) is 0 Å². The van der Waals surface area contributed by atoms with Gasteiger partial charge in [-0.15, -0.1) is 0 Å². The fourth-order valence-electron chi connectivity index (χ4n) is 3.21. The van der Waals surface area contributed by atoms with Gasteiger partial charge in [-0.05, 0) is 42.1 Å². The number of amides is 1. The second-order valence-corrected chi connectivity index (χ2v) is 6.06. The van der Waals surface area contributed by atoms with Gasteiger partial charge >= 0.3 is 0 Å². The SMILES string of the molecule is Cc1c(C(N)=O)ccc2c1nc(-c1cc3ccccc3[nH]c1=O)n2C. The molecule has 2 heterocycles. The highest BCUT2D eigenvalue weighted by Crippen LogP contribution is 2.27. The first-order valence-corrected chi connectivity index (χ1v) is 7.85. The zero-order chi connectivity index (χ0) is 17.7. The number of pyridine rings is 1. The van der Waals surface area contributed by atoms with Crippen LogP contribution in [-0.2, 0) is 7.05 Å². The molecule has 6 nitrogen and oxygen atoms in total. The zero-order valence-corrected chi connectivity index (χ0v) is 13.8. The van der Waals surface area contributed by atoms with E-state index in [9.17, 15) is 9.59 Å². The van der Waals surface area contributed by atoms with Crippen molar-refractivity contribution in [1.29, 1.82) is 0 Å². The number of imidazole rings is 1. The molecule has 3 N–H and O–H groups in total. The molecule has 0 saturated heterocycles. The predicted octanol–water partition coefficient (Wildman–Crippen LogP) is 2.49. The van der Waals surface area contributed by atoms with E-state index in [0.29, 0.717) is 28.0 Å². The number of hydrogen-bond donors (Lipinski definition) is 2. The van der Waals surface area contributed by atoms with Gasteiger partial charge in [0.05, 0.1) is 16.6 Å². The zero-order valence-electron chi connectivity index (χ0n) is 13.8. The van der Waals surface area contributed by atoms with Gasteiger partial charge in [0.25, 0.3) is 5.56 Å². The summed E-state index contributed by atoms with van der Waals surface area (Å²) < 4.78 is 1.85. The minimum atomic E-state index is -0.491. The number of hydrogen-bond acceptors (Lipinski definition) is 3. The Balaban J connectivity index is 2.03. The molecule has 0 aliphatic rings. The van der Waals surface area contributed by atoms with E-state index in [4.69, 9.17) is 5.73 Å². The van der Waals surface area contributed by atoms with Crippen molar-refractivity contribution >= 4 is 27.8 Å². The lowest BCUT2D eigenvalue weighted by molar-refractivity contribution is 0.1000. The van der Waals surface area contributed by atoms with Gasteiger partial charge in [-0.1, -0.05) is 18.2 Å². The minimum Gasteiger partial charge on any atom is -0.366 e. The summed E-state index contributed by atoms with van der Waals surface area (Å²) in [6.07, 6.45) is 0. The molecule has 0 aliphatic carbocycles. The highest BCUT2D eigenvalue weighted by molar-refractivity contribution is 5.99. The maximum Gasteiger partial charge on any atom is 0.259 e. The molecular formula is C19H16N4O2. The number of rotatable bonds is 2. The van der Waals surface area contributed by atoms with E-state index in [1.807, 2.05) is 48.9 Å². The van der Waals surface area contributed by atoms with Crippen LogP contribution in [0.4, 0.5) is 0 Å². The van der Waals surface area contributed by atoms with E-state index in [-0.39, 0.29) is 5.56 Å². The Labute approximate surface area is 142 Å². The molecule has 124 valence electrons. The first kappa shape index (κ1) is 15.1. The molecule has 4 rings (SSSR count). The number of nitrogens with one attached hydrogen (secondary N) is 1. The maximum absolute atomic E-state index is 12.5. The number of fused-ring (bicyclic) bond motifs is 2. The Morgan fingerprint density at radius 1 is 1.20 bits per heavy atom. The molecule has 0 saturated carbocycles. The summed E-state index contributed by atoms with van der Waals surface area (Å²) in [5.74, 6) is 0.0573. The van der Waals surface area contributed by atoms with Crippen LogP contribution in [0.3, 0.4) is 0 Å². The smallest absolute Gasteiger partial charge is 0.259 e. The fourth-order valence-corrected chi connectivity index (χ4v) is 3.21. The van der Waals surface area contributed by atoms with Crippen LogP contribution in [0.15, 0.2) is 47.3 Å². The molecule has 4 aromatic rings. The number of benzene rings is 2. The van der Waals surface area contributed by atoms with E-state index in [1.54, 1.807) is 12.1 Å². The Morgan fingerprint density at radius 2 is 1.96 bits per heavy atom. The number of carbonyl (C=O) groups is 1. The van der Waals surface area contributed by atoms with Gasteiger partial charge < -0.3 is 15.3 Å². The molecule has 0 radical (unpaired) electrons. The summed E-state index contributed by atoms with van der Waals surface area (Å²) in [7, 11) is 1.85. The molecule has 2 aromatic heterocycles. The molecule has 2 aromatic carbocycles. The second kappa shape index (κ2) is 5.31. The molecule has 0 bridgehead atoms. The second-order valence-electron chi connectivity index (χ2n) is 6.06. The number of para-hydroxylation sites is 1. The number of aryl methyl sites for hydroxylation is 2. The first-order chi connectivity index (χ1) is 12.0. The van der Waals surface area contributed by atoms with Crippen LogP contribution in [0.1, 0.15) is 15.9 Å². The normalized spacial score (nSPS) is 11.3. The van der Waals surface area contributed by atoms with Crippen molar-refractivity contribution in [2.75, 3.05) is 0 Å². The number of primary amides is 1. The van der Waals surface area contributed by atoms with Crippen molar-refractivity contribution in [2.45, 2.75) is 6.92 Å². The van der Waals surface area contributed by atoms with Crippen LogP contribution in [-0.4, -0.2) is 20.4 Å². The fraction of sp³-hybridized carbons (Fsp3) is 0.105. The number of aromatic nitrogens is 3. The standard InChI is InChI=1S/C19H16N4O2/c1-10-12(17(20)24)7-8-15-16(10)22-18(23(15)2)13-9-11-5-3-4-6-14(11)21-19(13)25/h3-9H,1-2H3,(H2,20,24)(H,21,25). The van der Waals surface area contributed by atoms with E-state index >= 15 is 0 Å². The Morgan fingerprint density at radius 3 is 2.72 bits per heavy atom. The molecule has 0 spiro atoms. The molecule has 1 amide bonds. The number of aromatic amines is 1. The van der Waals surface area contributed by atoms with Gasteiger partial charge in [-0.2, -0.15) is 0 Å². The predicted molar refractivity (Wildman–Crippen MR) is 97.5 cm³/mol. The van der Waals surface area contributed by atoms with Gasteiger partial charge in [0.1, 0.15) is 5.82 Å². The number of H-pyrrole nitrogens is 1. The van der Waals surface area contributed by atoms with Gasteiger partial charge in [0.2, 0.25) is 5.91 Å². The monoisotopic (exact) mass is 332 g/mol. The van der Waals surface area contributed by atoms with Crippen molar-refractivity contribution in [1.82, 2.24) is 14.5 Å². The van der Waals surface area contributed by atoms with Crippen molar-refractivity contribution in [3.8, 4) is 11.4 Å². The average molecular weight is 332 g/mol. The van der Waals surface area contributed by atoms with Crippen LogP contribution in [0.2, 0.25) is 0 Å². The highest BCUT2D eigenvalue weighted by atomic mass is 16.1. The summed E-state index contributed by atoms with van der Waals surface area (Å²) in [4.78, 5) is 31.6. The summed E-state index contributed by atoms with van der Waals surface area (Å²) in [5, 5.41) is 0.929. The molecular weight excluding hydrogens is 316 g/mol. The van der Waals surface area contributed by atoms with Crippen LogP contribution in [0.25, 0.3) is 33.3 Å². The topological polar surface area (TPSA) is 93.8 Å². The third-order valence-electron chi connectivity index (χ3n) is 4.57. The third kappa shape index (κ3) is 2.22. The lowest BCUT2D eigenvalue weighted by Gasteiger charge is -2.04. The maximum atomic E-state index is 12.5. The van der Waals surface area contributed by atoms with E-state index in [1.165, 1.54) is 0 Å². The van der Waals surface area contributed by atoms with E-state index in [2.05, 4.69) is 9.97 Å². The number of carbonyl (C=O) groups excluding carboxylic acids is 1. The molecule has 0 unspecified atom stereocenters. The largest absolute Gasteiger partial charge is 0.366 e. The summed E-state index contributed by atoms with van der Waals surface area (Å²) >= 11 is 0. The number of nitrogens with two attached hydrogens (primary N) is 1. The third-order valence-corrected chi connectivity index (χ3v) is 4.57. The van der Waals surface area contributed by atoms with Gasteiger partial charge in [-0.3, -0.25) is 9.59 Å². The Kier molecular flexibility index (Phi) is 3.21. The average Bonchev–Trinajstić information content (AvgIpc) is 2.92. The molecule has 25 heavy (non-hydrogen) atoms. The van der Waals surface area contributed by atoms with Gasteiger partial charge in [-0.25, -0.2) is 4.98 Å². The van der Waals surface area contributed by atoms with Crippen molar-refractivity contribution in [3.63, 3.8) is 0 Å². The van der Waals surface area contributed by atoms with E-state index < -0.39 is 5.91 Å². The highest BCUT2D eigenvalue weighted by Gasteiger charge is 2.17. The number of nitrogens with zero attached hydrogens (tertiary/aromatic N) is 2. The van der Waals surface area contributed by atoms with Crippen molar-refractivity contribution in [2.24, 2.45) is 12.8 Å². The van der Waals surface area contributed by atoms with Crippen LogP contribution >= 0.6 is 0 Å². The van der Waals surface area contributed by atoms with E-state index in [0.717, 1.165) is 16.4 Å². The summed E-state index contributed by atoms with van der Waals surface area (Å²) in [6, 6.07) is 12.9. The molecule has 0 fully saturated rings. The van der Waals surface area contributed by atoms with Crippen LogP contribution in [0, 0.1) is 6.92 Å². The molecule has 6 heteroatoms. The van der Waals surface area contributed by atoms with Crippen LogP contribution in [0.5, 0.6) is 0 Å². The molecule has 0 atom stereocenters. The molecule has 0 aliphatic heterocycles. The first-order valence-electron chi connectivity index (χ1n) is 7.85. The van der Waals surface area contributed by atoms with Crippen molar-refractivity contribution < 1.29 is 4.79 Å². The Bertz CT molecular complexity index is 1220. The van der Waals surface area contributed by atoms with Crippen molar-refractivity contribution in [3.05, 3.63) is 63.9 Å². The minimum absolute atomic E-state index is 0.204. The van der Waals surface area contributed by atoms with Crippen LogP contribution < -0.4 is 11.3 Å².